The lowest BCUT2D eigenvalue weighted by molar-refractivity contribution is -0.120. The fourth-order valence-electron chi connectivity index (χ4n) is 7.78. The van der Waals surface area contributed by atoms with Gasteiger partial charge in [-0.05, 0) is 65.0 Å². The number of likely N-dealkylation sites (N-methyl/N-ethyl adjacent to an activating group) is 1. The van der Waals surface area contributed by atoms with Crippen LogP contribution in [0.2, 0.25) is 0 Å². The van der Waals surface area contributed by atoms with Gasteiger partial charge in [0.2, 0.25) is 0 Å². The minimum absolute atomic E-state index is 0.0332. The number of ether oxygens (including phenoxy) is 2. The van der Waals surface area contributed by atoms with Crippen LogP contribution in [0.5, 0.6) is 17.2 Å². The van der Waals surface area contributed by atoms with E-state index >= 15 is 0 Å². The van der Waals surface area contributed by atoms with Crippen molar-refractivity contribution in [3.05, 3.63) is 65.6 Å². The van der Waals surface area contributed by atoms with E-state index in [-0.39, 0.29) is 34.9 Å². The molecule has 4 heterocycles. The quantitative estimate of drug-likeness (QED) is 0.312. The van der Waals surface area contributed by atoms with E-state index < -0.39 is 36.5 Å². The van der Waals surface area contributed by atoms with Gasteiger partial charge in [-0.2, -0.15) is 0 Å². The van der Waals surface area contributed by atoms with Crippen molar-refractivity contribution in [2.24, 2.45) is 5.41 Å². The smallest absolute Gasteiger partial charge is 0.258 e. The second-order valence-electron chi connectivity index (χ2n) is 14.4. The summed E-state index contributed by atoms with van der Waals surface area (Å²) in [5.74, 6) is -2.06. The molecule has 7 rings (SSSR count). The molecule has 2 aliphatic heterocycles. The number of halogens is 3. The van der Waals surface area contributed by atoms with Gasteiger partial charge in [-0.15, -0.1) is 0 Å². The number of alkyl halides is 2. The highest BCUT2D eigenvalue weighted by Crippen LogP contribution is 2.52. The van der Waals surface area contributed by atoms with E-state index in [1.807, 2.05) is 12.3 Å². The molecule has 1 atom stereocenters. The lowest BCUT2D eigenvalue weighted by Gasteiger charge is -2.59. The van der Waals surface area contributed by atoms with Gasteiger partial charge in [0.05, 0.1) is 23.5 Å². The molecule has 48 heavy (non-hydrogen) atoms. The third kappa shape index (κ3) is 6.29. The molecule has 1 unspecified atom stereocenters. The number of carbonyl (C=O) groups excluding carboxylic acids is 1. The van der Waals surface area contributed by atoms with E-state index in [4.69, 9.17) is 9.47 Å². The van der Waals surface area contributed by atoms with Gasteiger partial charge in [-0.1, -0.05) is 0 Å². The largest absolute Gasteiger partial charge is 0.490 e. The number of anilines is 1. The molecule has 2 saturated carbocycles. The maximum Gasteiger partial charge on any atom is 0.258 e. The Bertz CT molecular complexity index is 1670. The average molecular weight is 666 g/mol. The Labute approximate surface area is 278 Å². The number of nitrogens with one attached hydrogen (secondary N) is 1. The first-order valence-electron chi connectivity index (χ1n) is 16.7. The molecule has 2 aliphatic carbocycles. The number of hydrogen-bond acceptors (Lipinski definition) is 9. The molecule has 256 valence electrons. The Morgan fingerprint density at radius 2 is 1.85 bits per heavy atom. The Morgan fingerprint density at radius 1 is 1.08 bits per heavy atom. The van der Waals surface area contributed by atoms with Crippen LogP contribution in [0, 0.1) is 11.2 Å². The fourth-order valence-corrected chi connectivity index (χ4v) is 7.78. The Morgan fingerprint density at radius 3 is 2.56 bits per heavy atom. The first-order chi connectivity index (χ1) is 22.9. The molecular formula is C35H42F3N7O3. The average Bonchev–Trinajstić information content (AvgIpc) is 2.98. The summed E-state index contributed by atoms with van der Waals surface area (Å²) in [6.07, 6.45) is 6.79. The lowest BCUT2D eigenvalue weighted by atomic mass is 9.61. The second-order valence-corrected chi connectivity index (χ2v) is 14.4. The van der Waals surface area contributed by atoms with Crippen molar-refractivity contribution in [3.63, 3.8) is 0 Å². The first kappa shape index (κ1) is 32.6. The molecule has 1 spiro atoms. The Kier molecular flexibility index (Phi) is 8.47. The number of pyridine rings is 1. The first-order valence-corrected chi connectivity index (χ1v) is 16.7. The van der Waals surface area contributed by atoms with Crippen molar-refractivity contribution in [1.29, 1.82) is 0 Å². The summed E-state index contributed by atoms with van der Waals surface area (Å²) in [5.41, 5.74) is 2.33. The molecule has 3 aromatic rings. The van der Waals surface area contributed by atoms with Crippen LogP contribution in [0.3, 0.4) is 0 Å². The number of amides is 1. The van der Waals surface area contributed by atoms with Crippen LogP contribution in [0.25, 0.3) is 0 Å². The van der Waals surface area contributed by atoms with Gasteiger partial charge in [-0.3, -0.25) is 9.78 Å². The lowest BCUT2D eigenvalue weighted by Crippen LogP contribution is -2.65. The number of carbonyl (C=O) groups is 1. The molecule has 1 N–H and O–H groups in total. The molecular weight excluding hydrogens is 623 g/mol. The zero-order valence-electron chi connectivity index (χ0n) is 27.8. The van der Waals surface area contributed by atoms with E-state index in [0.717, 1.165) is 68.5 Å². The van der Waals surface area contributed by atoms with Crippen molar-refractivity contribution in [3.8, 4) is 17.2 Å². The van der Waals surface area contributed by atoms with Crippen LogP contribution in [-0.4, -0.2) is 95.0 Å². The number of aromatic nitrogens is 3. The number of rotatable bonds is 10. The number of fused-ring (bicyclic) bond motifs is 1. The molecule has 3 fully saturated rings. The van der Waals surface area contributed by atoms with Crippen LogP contribution in [0.1, 0.15) is 67.2 Å². The highest BCUT2D eigenvalue weighted by Gasteiger charge is 2.55. The monoisotopic (exact) mass is 665 g/mol. The Balaban J connectivity index is 1.02. The van der Waals surface area contributed by atoms with Gasteiger partial charge in [0, 0.05) is 74.7 Å². The predicted molar refractivity (Wildman–Crippen MR) is 173 cm³/mol. The summed E-state index contributed by atoms with van der Waals surface area (Å²) >= 11 is 0. The second kappa shape index (κ2) is 12.5. The summed E-state index contributed by atoms with van der Waals surface area (Å²) in [4.78, 5) is 32.7. The molecule has 1 aromatic carbocycles. The third-order valence-electron chi connectivity index (χ3n) is 9.95. The number of hydrogen-bond donors (Lipinski definition) is 1. The third-order valence-corrected chi connectivity index (χ3v) is 9.95. The molecule has 0 bridgehead atoms. The van der Waals surface area contributed by atoms with E-state index in [0.29, 0.717) is 11.6 Å². The summed E-state index contributed by atoms with van der Waals surface area (Å²) in [7, 11) is 4.14. The van der Waals surface area contributed by atoms with E-state index in [2.05, 4.69) is 44.2 Å². The Hall–Kier alpha value is -3.97. The summed E-state index contributed by atoms with van der Waals surface area (Å²) in [6.45, 7) is 6.80. The van der Waals surface area contributed by atoms with Gasteiger partial charge in [-0.25, -0.2) is 23.1 Å². The predicted octanol–water partition coefficient (Wildman–Crippen LogP) is 5.25. The normalized spacial score (nSPS) is 21.4. The van der Waals surface area contributed by atoms with Crippen LogP contribution < -0.4 is 19.7 Å². The van der Waals surface area contributed by atoms with Crippen LogP contribution >= 0.6 is 0 Å². The van der Waals surface area contributed by atoms with Gasteiger partial charge in [0.1, 0.15) is 29.7 Å². The fraction of sp³-hybridized carbons (Fsp3) is 0.543. The molecule has 1 saturated heterocycles. The van der Waals surface area contributed by atoms with Crippen LogP contribution in [0.15, 0.2) is 43.0 Å². The van der Waals surface area contributed by atoms with Gasteiger partial charge in [0.15, 0.2) is 11.6 Å². The number of nitrogens with zero attached hydrogens (tertiary/aromatic N) is 6. The van der Waals surface area contributed by atoms with E-state index in [9.17, 15) is 18.0 Å². The highest BCUT2D eigenvalue weighted by molar-refractivity contribution is 5.97. The molecule has 0 radical (unpaired) electrons. The van der Waals surface area contributed by atoms with Gasteiger partial charge in [0.25, 0.3) is 11.8 Å². The number of benzene rings is 1. The SMILES string of the molecule is CC(C)N(C(=O)c1cc(F)ccc1Oc1cncnc1N1CC2(CC(Oc3ccnc4c3C(CN(C)C)NCC4)C2)C1)C1CC(F)(F)C1. The van der Waals surface area contributed by atoms with E-state index in [1.54, 1.807) is 13.8 Å². The molecule has 4 aliphatic rings. The van der Waals surface area contributed by atoms with Crippen molar-refractivity contribution in [2.75, 3.05) is 45.2 Å². The van der Waals surface area contributed by atoms with Crippen molar-refractivity contribution in [1.82, 2.24) is 30.1 Å². The molecule has 1 amide bonds. The zero-order valence-corrected chi connectivity index (χ0v) is 27.8. The van der Waals surface area contributed by atoms with E-state index in [1.165, 1.54) is 29.6 Å². The standard InChI is InChI=1S/C35H42F3N7O3/c1-21(2)45(23-12-35(37,38)13-23)33(46)25-11-22(36)5-6-28(25)48-30-16-39-20-42-32(30)44-18-34(19-44)14-24(15-34)47-29-8-10-40-26-7-9-41-27(31(26)29)17-43(3)4/h5-6,8,10-11,16,20-21,23-24,27,41H,7,9,12-15,17-19H2,1-4H3. The van der Waals surface area contributed by atoms with Gasteiger partial charge >= 0.3 is 0 Å². The van der Waals surface area contributed by atoms with Crippen LogP contribution in [-0.2, 0) is 6.42 Å². The van der Waals surface area contributed by atoms with Crippen molar-refractivity contribution in [2.45, 2.75) is 76.1 Å². The van der Waals surface area contributed by atoms with Crippen molar-refractivity contribution >= 4 is 11.7 Å². The topological polar surface area (TPSA) is 96.0 Å². The zero-order chi connectivity index (χ0) is 33.8. The summed E-state index contributed by atoms with van der Waals surface area (Å²) in [5, 5.41) is 3.62. The molecule has 2 aromatic heterocycles. The maximum atomic E-state index is 14.5. The maximum absolute atomic E-state index is 14.5. The summed E-state index contributed by atoms with van der Waals surface area (Å²) in [6, 6.07) is 4.84. The molecule has 10 nitrogen and oxygen atoms in total. The molecule has 13 heteroatoms. The van der Waals surface area contributed by atoms with Crippen molar-refractivity contribution < 1.29 is 27.4 Å². The highest BCUT2D eigenvalue weighted by atomic mass is 19.3. The van der Waals surface area contributed by atoms with Gasteiger partial charge < -0.3 is 29.5 Å². The van der Waals surface area contributed by atoms with Crippen LogP contribution in [0.4, 0.5) is 19.0 Å². The summed E-state index contributed by atoms with van der Waals surface area (Å²) < 4.78 is 54.7. The minimum atomic E-state index is -2.80. The minimum Gasteiger partial charge on any atom is -0.490 e.